The molecule has 0 amide bonds. The Kier molecular flexibility index (Phi) is 5.60. The minimum absolute atomic E-state index is 0.148. The zero-order valence-corrected chi connectivity index (χ0v) is 15.7. The summed E-state index contributed by atoms with van der Waals surface area (Å²) in [6.45, 7) is 2.38. The second kappa shape index (κ2) is 8.09. The van der Waals surface area contributed by atoms with E-state index in [2.05, 4.69) is 20.3 Å². The van der Waals surface area contributed by atoms with Crippen molar-refractivity contribution < 1.29 is 9.47 Å². The first-order valence-electron chi connectivity index (χ1n) is 8.28. The Labute approximate surface area is 161 Å². The number of benzene rings is 1. The van der Waals surface area contributed by atoms with Gasteiger partial charge in [-0.15, -0.1) is 5.11 Å². The van der Waals surface area contributed by atoms with Crippen molar-refractivity contribution in [2.75, 3.05) is 25.1 Å². The molecule has 0 bridgehead atoms. The molecule has 3 rings (SSSR count). The van der Waals surface area contributed by atoms with E-state index in [-0.39, 0.29) is 5.95 Å². The molecule has 1 aromatic heterocycles. The highest BCUT2D eigenvalue weighted by atomic mass is 35.5. The molecule has 0 spiro atoms. The summed E-state index contributed by atoms with van der Waals surface area (Å²) in [5.41, 5.74) is 14.5. The summed E-state index contributed by atoms with van der Waals surface area (Å²) < 4.78 is 10.4. The molecule has 2 aromatic rings. The fraction of sp³-hybridized carbons (Fsp3) is 0.294. The van der Waals surface area contributed by atoms with E-state index < -0.39 is 6.29 Å². The van der Waals surface area contributed by atoms with E-state index in [4.69, 9.17) is 32.5 Å². The molecule has 1 aliphatic heterocycles. The SMILES string of the molecule is CCc1nc(N)nc(N)c1-c1ccc(Cl)c(N=NN(C)CC2OC=CO2)c1. The second-order valence-corrected chi connectivity index (χ2v) is 6.22. The standard InChI is InChI=1S/C17H20ClN7O2/c1-3-12-15(16(19)22-17(20)21-12)10-4-5-11(18)13(8-10)23-24-25(2)9-14-26-6-7-27-14/h4-8,14H,3,9H2,1-2H3,(H4,19,20,21,22). The molecule has 2 heterocycles. The third kappa shape index (κ3) is 4.37. The van der Waals surface area contributed by atoms with Gasteiger partial charge in [-0.1, -0.05) is 29.8 Å². The highest BCUT2D eigenvalue weighted by Gasteiger charge is 2.16. The van der Waals surface area contributed by atoms with E-state index in [0.29, 0.717) is 35.1 Å². The number of ether oxygens (including phenoxy) is 2. The van der Waals surface area contributed by atoms with Crippen LogP contribution in [0.4, 0.5) is 17.5 Å². The van der Waals surface area contributed by atoms with Crippen molar-refractivity contribution in [1.82, 2.24) is 15.0 Å². The maximum Gasteiger partial charge on any atom is 0.258 e. The fourth-order valence-corrected chi connectivity index (χ4v) is 2.75. The van der Waals surface area contributed by atoms with Gasteiger partial charge in [0.25, 0.3) is 6.29 Å². The Hall–Kier alpha value is -3.07. The normalized spacial score (nSPS) is 13.7. The molecule has 0 aliphatic carbocycles. The van der Waals surface area contributed by atoms with Crippen LogP contribution in [0.15, 0.2) is 41.1 Å². The lowest BCUT2D eigenvalue weighted by Crippen LogP contribution is -2.25. The number of nitrogen functional groups attached to an aromatic ring is 2. The molecule has 0 atom stereocenters. The zero-order valence-electron chi connectivity index (χ0n) is 15.0. The Morgan fingerprint density at radius 2 is 1.96 bits per heavy atom. The van der Waals surface area contributed by atoms with E-state index >= 15 is 0 Å². The minimum atomic E-state index is -0.408. The summed E-state index contributed by atoms with van der Waals surface area (Å²) in [7, 11) is 1.76. The number of aromatic nitrogens is 2. The van der Waals surface area contributed by atoms with Crippen LogP contribution in [-0.2, 0) is 15.9 Å². The van der Waals surface area contributed by atoms with Crippen molar-refractivity contribution in [2.24, 2.45) is 10.3 Å². The van der Waals surface area contributed by atoms with Gasteiger partial charge in [-0.3, -0.25) is 5.01 Å². The third-order valence-electron chi connectivity index (χ3n) is 3.83. The van der Waals surface area contributed by atoms with E-state index in [1.165, 1.54) is 12.5 Å². The van der Waals surface area contributed by atoms with E-state index in [0.717, 1.165) is 11.3 Å². The van der Waals surface area contributed by atoms with Crippen molar-refractivity contribution >= 4 is 29.1 Å². The van der Waals surface area contributed by atoms with Gasteiger partial charge in [-0.25, -0.2) is 4.98 Å². The molecule has 4 N–H and O–H groups in total. The number of nitrogens with zero attached hydrogens (tertiary/aromatic N) is 5. The van der Waals surface area contributed by atoms with Crippen LogP contribution in [0, 0.1) is 0 Å². The van der Waals surface area contributed by atoms with Crippen LogP contribution in [0.5, 0.6) is 0 Å². The molecule has 0 saturated carbocycles. The van der Waals surface area contributed by atoms with Crippen LogP contribution in [0.3, 0.4) is 0 Å². The van der Waals surface area contributed by atoms with Crippen molar-refractivity contribution in [2.45, 2.75) is 19.6 Å². The summed E-state index contributed by atoms with van der Waals surface area (Å²) in [6.07, 6.45) is 3.22. The molecule has 0 radical (unpaired) electrons. The molecule has 0 saturated heterocycles. The van der Waals surface area contributed by atoms with Crippen molar-refractivity contribution in [1.29, 1.82) is 0 Å². The summed E-state index contributed by atoms with van der Waals surface area (Å²) in [5.74, 6) is 0.458. The van der Waals surface area contributed by atoms with E-state index in [9.17, 15) is 0 Å². The number of anilines is 2. The molecule has 1 aliphatic rings. The van der Waals surface area contributed by atoms with Crippen LogP contribution in [0.1, 0.15) is 12.6 Å². The summed E-state index contributed by atoms with van der Waals surface area (Å²) >= 11 is 6.26. The number of rotatable bonds is 6. The lowest BCUT2D eigenvalue weighted by atomic mass is 10.0. The number of likely N-dealkylation sites (N-methyl/N-ethyl adjacent to an activating group) is 1. The van der Waals surface area contributed by atoms with Gasteiger partial charge in [0.1, 0.15) is 30.6 Å². The van der Waals surface area contributed by atoms with Gasteiger partial charge in [0, 0.05) is 12.6 Å². The zero-order chi connectivity index (χ0) is 19.4. The average molecular weight is 390 g/mol. The quantitative estimate of drug-likeness (QED) is 0.573. The highest BCUT2D eigenvalue weighted by molar-refractivity contribution is 6.33. The maximum atomic E-state index is 6.26. The highest BCUT2D eigenvalue weighted by Crippen LogP contribution is 2.35. The monoisotopic (exact) mass is 389 g/mol. The van der Waals surface area contributed by atoms with E-state index in [1.54, 1.807) is 24.2 Å². The molecular weight excluding hydrogens is 370 g/mol. The first-order valence-corrected chi connectivity index (χ1v) is 8.66. The van der Waals surface area contributed by atoms with Gasteiger partial charge in [-0.2, -0.15) is 4.98 Å². The lowest BCUT2D eigenvalue weighted by molar-refractivity contribution is -0.0419. The third-order valence-corrected chi connectivity index (χ3v) is 4.15. The van der Waals surface area contributed by atoms with Crippen LogP contribution < -0.4 is 11.5 Å². The van der Waals surface area contributed by atoms with Gasteiger partial charge >= 0.3 is 0 Å². The number of hydrogen-bond donors (Lipinski definition) is 2. The smallest absolute Gasteiger partial charge is 0.258 e. The molecule has 10 heteroatoms. The summed E-state index contributed by atoms with van der Waals surface area (Å²) in [5, 5.41) is 10.4. The van der Waals surface area contributed by atoms with Crippen LogP contribution in [0.2, 0.25) is 5.02 Å². The van der Waals surface area contributed by atoms with Gasteiger partial charge in [0.05, 0.1) is 10.7 Å². The van der Waals surface area contributed by atoms with Crippen molar-refractivity contribution in [3.05, 3.63) is 41.4 Å². The van der Waals surface area contributed by atoms with Gasteiger partial charge in [-0.05, 0) is 24.1 Å². The van der Waals surface area contributed by atoms with E-state index in [1.807, 2.05) is 13.0 Å². The average Bonchev–Trinajstić information content (AvgIpc) is 3.13. The van der Waals surface area contributed by atoms with Crippen LogP contribution in [-0.4, -0.2) is 34.9 Å². The first-order chi connectivity index (χ1) is 13.0. The molecule has 0 fully saturated rings. The van der Waals surface area contributed by atoms with Crippen molar-refractivity contribution in [3.8, 4) is 11.1 Å². The number of aryl methyl sites for hydroxylation is 1. The molecule has 1 aromatic carbocycles. The van der Waals surface area contributed by atoms with Crippen LogP contribution in [0.25, 0.3) is 11.1 Å². The number of nitrogens with two attached hydrogens (primary N) is 2. The van der Waals surface area contributed by atoms with Gasteiger partial charge in [0.15, 0.2) is 0 Å². The molecular formula is C17H20ClN7O2. The summed E-state index contributed by atoms with van der Waals surface area (Å²) in [4.78, 5) is 8.33. The molecule has 0 unspecified atom stereocenters. The Bertz CT molecular complexity index is 880. The predicted molar refractivity (Wildman–Crippen MR) is 103 cm³/mol. The maximum absolute atomic E-state index is 6.26. The fourth-order valence-electron chi connectivity index (χ4n) is 2.60. The van der Waals surface area contributed by atoms with Crippen LogP contribution >= 0.6 is 11.6 Å². The molecule has 27 heavy (non-hydrogen) atoms. The van der Waals surface area contributed by atoms with Gasteiger partial charge < -0.3 is 20.9 Å². The minimum Gasteiger partial charge on any atom is -0.457 e. The molecule has 142 valence electrons. The largest absolute Gasteiger partial charge is 0.457 e. The summed E-state index contributed by atoms with van der Waals surface area (Å²) in [6, 6.07) is 5.35. The van der Waals surface area contributed by atoms with Crippen molar-refractivity contribution in [3.63, 3.8) is 0 Å². The first kappa shape index (κ1) is 18.7. The second-order valence-electron chi connectivity index (χ2n) is 5.81. The molecule has 9 nitrogen and oxygen atoms in total. The van der Waals surface area contributed by atoms with Gasteiger partial charge in [0.2, 0.25) is 5.95 Å². The Balaban J connectivity index is 1.85. The topological polar surface area (TPSA) is 124 Å². The lowest BCUT2D eigenvalue weighted by Gasteiger charge is -2.16. The number of halogens is 1. The Morgan fingerprint density at radius 3 is 2.67 bits per heavy atom. The Morgan fingerprint density at radius 1 is 1.22 bits per heavy atom. The number of hydrogen-bond acceptors (Lipinski definition) is 8. The predicted octanol–water partition coefficient (Wildman–Crippen LogP) is 3.30.